The molecule has 2 aliphatic rings. The molecule has 2 bridgehead atoms. The predicted octanol–water partition coefficient (Wildman–Crippen LogP) is 3.56. The van der Waals surface area contributed by atoms with Crippen molar-refractivity contribution in [2.45, 2.75) is 56.9 Å². The van der Waals surface area contributed by atoms with E-state index in [0.29, 0.717) is 6.04 Å². The van der Waals surface area contributed by atoms with Crippen LogP contribution in [0, 0.1) is 0 Å². The summed E-state index contributed by atoms with van der Waals surface area (Å²) >= 11 is 0. The quantitative estimate of drug-likeness (QED) is 0.914. The molecule has 22 heavy (non-hydrogen) atoms. The lowest BCUT2D eigenvalue weighted by Gasteiger charge is -2.39. The van der Waals surface area contributed by atoms with Crippen molar-refractivity contribution in [1.82, 2.24) is 10.2 Å². The second-order valence-electron chi connectivity index (χ2n) is 6.67. The van der Waals surface area contributed by atoms with Crippen molar-refractivity contribution in [3.63, 3.8) is 0 Å². The zero-order valence-corrected chi connectivity index (χ0v) is 12.9. The second-order valence-corrected chi connectivity index (χ2v) is 6.67. The van der Waals surface area contributed by atoms with Gasteiger partial charge in [-0.25, -0.2) is 0 Å². The molecule has 0 saturated carbocycles. The molecule has 2 unspecified atom stereocenters. The molecule has 3 nitrogen and oxygen atoms in total. The Morgan fingerprint density at radius 3 is 2.45 bits per heavy atom. The maximum atomic E-state index is 5.42. The van der Waals surface area contributed by atoms with Crippen molar-refractivity contribution >= 4 is 0 Å². The van der Waals surface area contributed by atoms with E-state index in [9.17, 15) is 0 Å². The van der Waals surface area contributed by atoms with Gasteiger partial charge in [-0.2, -0.15) is 0 Å². The fraction of sp³-hybridized carbons (Fsp3) is 0.474. The van der Waals surface area contributed by atoms with Gasteiger partial charge in [-0.3, -0.25) is 4.90 Å². The van der Waals surface area contributed by atoms with Gasteiger partial charge in [-0.05, 0) is 43.4 Å². The van der Waals surface area contributed by atoms with Gasteiger partial charge in [0.1, 0.15) is 5.76 Å². The zero-order valence-electron chi connectivity index (χ0n) is 12.9. The maximum Gasteiger partial charge on any atom is 0.117 e. The molecule has 0 amide bonds. The van der Waals surface area contributed by atoms with Crippen LogP contribution >= 0.6 is 0 Å². The fourth-order valence-corrected chi connectivity index (χ4v) is 4.15. The van der Waals surface area contributed by atoms with E-state index in [1.165, 1.54) is 31.2 Å². The van der Waals surface area contributed by atoms with E-state index in [4.69, 9.17) is 4.42 Å². The first-order valence-corrected chi connectivity index (χ1v) is 8.44. The highest BCUT2D eigenvalue weighted by Crippen LogP contribution is 2.36. The van der Waals surface area contributed by atoms with E-state index in [0.717, 1.165) is 30.9 Å². The van der Waals surface area contributed by atoms with E-state index in [-0.39, 0.29) is 0 Å². The monoisotopic (exact) mass is 296 g/mol. The number of piperidine rings is 1. The normalized spacial score (nSPS) is 28.1. The SMILES string of the molecule is c1ccc(CN2C3CCC2CC(NCc2ccco2)C3)cc1. The number of rotatable bonds is 5. The number of benzene rings is 1. The summed E-state index contributed by atoms with van der Waals surface area (Å²) in [6.45, 7) is 1.97. The van der Waals surface area contributed by atoms with Crippen LogP contribution in [0.2, 0.25) is 0 Å². The van der Waals surface area contributed by atoms with Gasteiger partial charge in [-0.1, -0.05) is 30.3 Å². The summed E-state index contributed by atoms with van der Waals surface area (Å²) in [5.74, 6) is 1.04. The topological polar surface area (TPSA) is 28.4 Å². The Kier molecular flexibility index (Phi) is 4.00. The summed E-state index contributed by atoms with van der Waals surface area (Å²) in [7, 11) is 0. The van der Waals surface area contributed by atoms with Crippen LogP contribution in [0.3, 0.4) is 0 Å². The Hall–Kier alpha value is -1.58. The van der Waals surface area contributed by atoms with E-state index in [2.05, 4.69) is 40.5 Å². The maximum absolute atomic E-state index is 5.42. The Labute approximate surface area is 132 Å². The molecule has 1 aromatic heterocycles. The van der Waals surface area contributed by atoms with E-state index >= 15 is 0 Å². The van der Waals surface area contributed by atoms with Crippen molar-refractivity contribution in [1.29, 1.82) is 0 Å². The number of furan rings is 1. The van der Waals surface area contributed by atoms with Crippen molar-refractivity contribution in [3.8, 4) is 0 Å². The van der Waals surface area contributed by atoms with Crippen LogP contribution in [-0.4, -0.2) is 23.0 Å². The van der Waals surface area contributed by atoms with E-state index < -0.39 is 0 Å². The lowest BCUT2D eigenvalue weighted by atomic mass is 9.96. The molecule has 116 valence electrons. The average Bonchev–Trinajstić information content (AvgIpc) is 3.13. The van der Waals surface area contributed by atoms with Gasteiger partial charge in [-0.15, -0.1) is 0 Å². The highest BCUT2D eigenvalue weighted by molar-refractivity contribution is 5.15. The molecule has 3 heterocycles. The van der Waals surface area contributed by atoms with Crippen LogP contribution in [0.4, 0.5) is 0 Å². The first kappa shape index (κ1) is 14.0. The standard InChI is InChI=1S/C19H24N2O/c1-2-5-15(6-3-1)14-21-17-8-9-18(21)12-16(11-17)20-13-19-7-4-10-22-19/h1-7,10,16-18,20H,8-9,11-14H2. The highest BCUT2D eigenvalue weighted by atomic mass is 16.3. The third kappa shape index (κ3) is 2.96. The second kappa shape index (κ2) is 6.27. The lowest BCUT2D eigenvalue weighted by Crippen LogP contribution is -2.48. The average molecular weight is 296 g/mol. The summed E-state index contributed by atoms with van der Waals surface area (Å²) < 4.78 is 5.42. The summed E-state index contributed by atoms with van der Waals surface area (Å²) in [5, 5.41) is 3.69. The van der Waals surface area contributed by atoms with Crippen molar-refractivity contribution in [2.24, 2.45) is 0 Å². The first-order valence-electron chi connectivity index (χ1n) is 8.44. The molecule has 2 aromatic rings. The van der Waals surface area contributed by atoms with Crippen molar-refractivity contribution in [3.05, 3.63) is 60.1 Å². The van der Waals surface area contributed by atoms with Gasteiger partial charge in [0, 0.05) is 24.7 Å². The number of hydrogen-bond donors (Lipinski definition) is 1. The molecule has 2 atom stereocenters. The van der Waals surface area contributed by atoms with Crippen LogP contribution in [0.25, 0.3) is 0 Å². The third-order valence-corrected chi connectivity index (χ3v) is 5.24. The highest BCUT2D eigenvalue weighted by Gasteiger charge is 2.40. The van der Waals surface area contributed by atoms with E-state index in [1.54, 1.807) is 6.26 Å². The molecule has 0 aliphatic carbocycles. The number of fused-ring (bicyclic) bond motifs is 2. The molecule has 2 fully saturated rings. The van der Waals surface area contributed by atoms with Gasteiger partial charge < -0.3 is 9.73 Å². The van der Waals surface area contributed by atoms with Crippen LogP contribution in [-0.2, 0) is 13.1 Å². The predicted molar refractivity (Wildman–Crippen MR) is 87.4 cm³/mol. The zero-order chi connectivity index (χ0) is 14.8. The van der Waals surface area contributed by atoms with Crippen LogP contribution in [0.15, 0.2) is 53.1 Å². The van der Waals surface area contributed by atoms with Gasteiger partial charge in [0.2, 0.25) is 0 Å². The first-order chi connectivity index (χ1) is 10.9. The molecule has 2 aliphatic heterocycles. The lowest BCUT2D eigenvalue weighted by molar-refractivity contribution is 0.108. The van der Waals surface area contributed by atoms with Gasteiger partial charge in [0.05, 0.1) is 12.8 Å². The minimum absolute atomic E-state index is 0.634. The summed E-state index contributed by atoms with van der Waals surface area (Å²) in [4.78, 5) is 2.74. The molecular weight excluding hydrogens is 272 g/mol. The van der Waals surface area contributed by atoms with Gasteiger partial charge in [0.15, 0.2) is 0 Å². The van der Waals surface area contributed by atoms with Crippen molar-refractivity contribution < 1.29 is 4.42 Å². The Morgan fingerprint density at radius 1 is 1.00 bits per heavy atom. The van der Waals surface area contributed by atoms with Crippen LogP contribution < -0.4 is 5.32 Å². The van der Waals surface area contributed by atoms with Gasteiger partial charge in [0.25, 0.3) is 0 Å². The Morgan fingerprint density at radius 2 is 1.77 bits per heavy atom. The van der Waals surface area contributed by atoms with Crippen LogP contribution in [0.1, 0.15) is 37.0 Å². The van der Waals surface area contributed by atoms with Crippen molar-refractivity contribution in [2.75, 3.05) is 0 Å². The van der Waals surface area contributed by atoms with Gasteiger partial charge >= 0.3 is 0 Å². The molecular formula is C19H24N2O. The molecule has 2 saturated heterocycles. The summed E-state index contributed by atoms with van der Waals surface area (Å²) in [5.41, 5.74) is 1.45. The molecule has 0 radical (unpaired) electrons. The minimum atomic E-state index is 0.634. The summed E-state index contributed by atoms with van der Waals surface area (Å²) in [6, 6.07) is 17.0. The number of nitrogens with one attached hydrogen (secondary N) is 1. The summed E-state index contributed by atoms with van der Waals surface area (Å²) in [6.07, 6.45) is 7.00. The third-order valence-electron chi connectivity index (χ3n) is 5.24. The molecule has 0 spiro atoms. The van der Waals surface area contributed by atoms with Crippen LogP contribution in [0.5, 0.6) is 0 Å². The molecule has 4 rings (SSSR count). The van der Waals surface area contributed by atoms with E-state index in [1.807, 2.05) is 12.1 Å². The molecule has 1 aromatic carbocycles. The molecule has 3 heteroatoms. The smallest absolute Gasteiger partial charge is 0.117 e. The number of nitrogens with zero attached hydrogens (tertiary/aromatic N) is 1. The Bertz CT molecular complexity index is 567. The largest absolute Gasteiger partial charge is 0.468 e. The fourth-order valence-electron chi connectivity index (χ4n) is 4.15. The Balaban J connectivity index is 1.35. The minimum Gasteiger partial charge on any atom is -0.468 e. The number of hydrogen-bond acceptors (Lipinski definition) is 3. The molecule has 1 N–H and O–H groups in total.